The molecule has 0 aliphatic heterocycles. The summed E-state index contributed by atoms with van der Waals surface area (Å²) in [6.07, 6.45) is -4.53. The average molecular weight is 329 g/mol. The second-order valence-electron chi connectivity index (χ2n) is 4.57. The highest BCUT2D eigenvalue weighted by atomic mass is 19.4. The van der Waals surface area contributed by atoms with E-state index in [9.17, 15) is 22.8 Å². The third-order valence-corrected chi connectivity index (χ3v) is 3.09. The van der Waals surface area contributed by atoms with Crippen molar-refractivity contribution in [1.82, 2.24) is 4.98 Å². The molecule has 1 aromatic carbocycles. The summed E-state index contributed by atoms with van der Waals surface area (Å²) < 4.78 is 48.0. The van der Waals surface area contributed by atoms with E-state index in [1.807, 2.05) is 0 Å². The van der Waals surface area contributed by atoms with Gasteiger partial charge in [0.1, 0.15) is 5.69 Å². The van der Waals surface area contributed by atoms with Crippen molar-refractivity contribution in [3.63, 3.8) is 0 Å². The Balaban J connectivity index is 2.65. The van der Waals surface area contributed by atoms with E-state index in [0.29, 0.717) is 0 Å². The lowest BCUT2D eigenvalue weighted by atomic mass is 10.1. The molecule has 0 aliphatic rings. The van der Waals surface area contributed by atoms with E-state index < -0.39 is 23.7 Å². The molecule has 0 radical (unpaired) electrons. The smallest absolute Gasteiger partial charge is 0.416 e. The number of aromatic amines is 1. The van der Waals surface area contributed by atoms with Gasteiger partial charge in [-0.3, -0.25) is 0 Å². The molecule has 0 unspecified atom stereocenters. The topological polar surface area (TPSA) is 68.4 Å². The van der Waals surface area contributed by atoms with Gasteiger partial charge < -0.3 is 14.5 Å². The van der Waals surface area contributed by atoms with Gasteiger partial charge in [0.2, 0.25) is 0 Å². The van der Waals surface area contributed by atoms with Gasteiger partial charge in [0.25, 0.3) is 0 Å². The fourth-order valence-corrected chi connectivity index (χ4v) is 2.15. The zero-order valence-corrected chi connectivity index (χ0v) is 12.4. The van der Waals surface area contributed by atoms with Gasteiger partial charge in [-0.15, -0.1) is 0 Å². The third-order valence-electron chi connectivity index (χ3n) is 3.09. The van der Waals surface area contributed by atoms with Gasteiger partial charge in [0, 0.05) is 10.9 Å². The molecule has 0 bridgehead atoms. The molecular formula is C15H14F3NO4. The summed E-state index contributed by atoms with van der Waals surface area (Å²) in [6.45, 7) is 3.28. The van der Waals surface area contributed by atoms with Crippen LogP contribution in [0.1, 0.15) is 40.3 Å². The first-order valence-electron chi connectivity index (χ1n) is 6.86. The fourth-order valence-electron chi connectivity index (χ4n) is 2.15. The lowest BCUT2D eigenvalue weighted by molar-refractivity contribution is -0.137. The maximum absolute atomic E-state index is 12.8. The monoisotopic (exact) mass is 329 g/mol. The normalized spacial score (nSPS) is 11.5. The lowest BCUT2D eigenvalue weighted by Gasteiger charge is -2.06. The molecule has 0 saturated heterocycles. The Morgan fingerprint density at radius 1 is 1.09 bits per heavy atom. The maximum atomic E-state index is 12.8. The largest absolute Gasteiger partial charge is 0.462 e. The van der Waals surface area contributed by atoms with Crippen LogP contribution in [0.3, 0.4) is 0 Å². The Morgan fingerprint density at radius 2 is 1.70 bits per heavy atom. The maximum Gasteiger partial charge on any atom is 0.416 e. The van der Waals surface area contributed by atoms with Crippen LogP contribution in [0, 0.1) is 0 Å². The van der Waals surface area contributed by atoms with Crippen LogP contribution in [0.2, 0.25) is 0 Å². The number of benzene rings is 1. The highest BCUT2D eigenvalue weighted by molar-refractivity contribution is 6.12. The Kier molecular flexibility index (Phi) is 4.63. The minimum absolute atomic E-state index is 0.00549. The van der Waals surface area contributed by atoms with Gasteiger partial charge in [-0.25, -0.2) is 9.59 Å². The Bertz CT molecular complexity index is 749. The lowest BCUT2D eigenvalue weighted by Crippen LogP contribution is -2.13. The summed E-state index contributed by atoms with van der Waals surface area (Å²) in [7, 11) is 0. The van der Waals surface area contributed by atoms with Crippen molar-refractivity contribution in [3.05, 3.63) is 35.0 Å². The van der Waals surface area contributed by atoms with E-state index in [1.165, 1.54) is 0 Å². The number of esters is 2. The Hall–Kier alpha value is -2.51. The number of ether oxygens (including phenoxy) is 2. The summed E-state index contributed by atoms with van der Waals surface area (Å²) in [5.41, 5.74) is -1.24. The van der Waals surface area contributed by atoms with Crippen LogP contribution in [-0.4, -0.2) is 30.1 Å². The van der Waals surface area contributed by atoms with E-state index in [1.54, 1.807) is 13.8 Å². The highest BCUT2D eigenvalue weighted by Gasteiger charge is 2.32. The zero-order valence-electron chi connectivity index (χ0n) is 12.4. The van der Waals surface area contributed by atoms with Crippen LogP contribution in [0.25, 0.3) is 10.9 Å². The van der Waals surface area contributed by atoms with Crippen LogP contribution in [0.5, 0.6) is 0 Å². The highest BCUT2D eigenvalue weighted by Crippen LogP contribution is 2.33. The number of carbonyl (C=O) groups is 2. The van der Waals surface area contributed by atoms with Gasteiger partial charge in [-0.2, -0.15) is 13.2 Å². The van der Waals surface area contributed by atoms with E-state index in [2.05, 4.69) is 4.98 Å². The number of halogens is 3. The van der Waals surface area contributed by atoms with Gasteiger partial charge in [-0.05, 0) is 26.0 Å². The molecule has 0 aliphatic carbocycles. The van der Waals surface area contributed by atoms with Crippen molar-refractivity contribution in [2.75, 3.05) is 13.2 Å². The molecule has 1 aromatic heterocycles. The molecule has 0 fully saturated rings. The van der Waals surface area contributed by atoms with Crippen molar-refractivity contribution < 1.29 is 32.2 Å². The van der Waals surface area contributed by atoms with Gasteiger partial charge in [0.05, 0.1) is 24.3 Å². The standard InChI is InChI=1S/C15H14F3NO4/c1-3-22-13(20)11-9-6-5-8(15(16,17)18)7-10(9)19-12(11)14(21)23-4-2/h5-7,19H,3-4H2,1-2H3. The molecule has 1 N–H and O–H groups in total. The second kappa shape index (κ2) is 6.31. The molecule has 2 aromatic rings. The molecule has 0 amide bonds. The number of alkyl halides is 3. The number of fused-ring (bicyclic) bond motifs is 1. The molecule has 5 nitrogen and oxygen atoms in total. The third kappa shape index (κ3) is 3.30. The van der Waals surface area contributed by atoms with E-state index in [4.69, 9.17) is 9.47 Å². The second-order valence-corrected chi connectivity index (χ2v) is 4.57. The number of rotatable bonds is 4. The summed E-state index contributed by atoms with van der Waals surface area (Å²) >= 11 is 0. The van der Waals surface area contributed by atoms with E-state index in [-0.39, 0.29) is 35.4 Å². The van der Waals surface area contributed by atoms with E-state index in [0.717, 1.165) is 18.2 Å². The molecule has 23 heavy (non-hydrogen) atoms. The van der Waals surface area contributed by atoms with Crippen LogP contribution in [-0.2, 0) is 15.7 Å². The van der Waals surface area contributed by atoms with Gasteiger partial charge in [0.15, 0.2) is 0 Å². The van der Waals surface area contributed by atoms with E-state index >= 15 is 0 Å². The van der Waals surface area contributed by atoms with Crippen molar-refractivity contribution >= 4 is 22.8 Å². The predicted molar refractivity (Wildman–Crippen MR) is 75.2 cm³/mol. The number of hydrogen-bond acceptors (Lipinski definition) is 4. The molecule has 1 heterocycles. The molecule has 0 spiro atoms. The Labute approximate surface area is 129 Å². The molecule has 0 atom stereocenters. The number of H-pyrrole nitrogens is 1. The summed E-state index contributed by atoms with van der Waals surface area (Å²) in [6, 6.07) is 2.80. The number of nitrogens with one attached hydrogen (secondary N) is 1. The fraction of sp³-hybridized carbons (Fsp3) is 0.333. The van der Waals surface area contributed by atoms with Gasteiger partial charge >= 0.3 is 18.1 Å². The minimum atomic E-state index is -4.53. The van der Waals surface area contributed by atoms with Crippen LogP contribution < -0.4 is 0 Å². The minimum Gasteiger partial charge on any atom is -0.462 e. The first-order valence-corrected chi connectivity index (χ1v) is 6.86. The molecule has 124 valence electrons. The summed E-state index contributed by atoms with van der Waals surface area (Å²) in [4.78, 5) is 26.5. The zero-order chi connectivity index (χ0) is 17.2. The van der Waals surface area contributed by atoms with Gasteiger partial charge in [-0.1, -0.05) is 6.07 Å². The molecule has 0 saturated carbocycles. The first kappa shape index (κ1) is 16.9. The van der Waals surface area contributed by atoms with Crippen molar-refractivity contribution in [1.29, 1.82) is 0 Å². The van der Waals surface area contributed by atoms with Crippen LogP contribution >= 0.6 is 0 Å². The van der Waals surface area contributed by atoms with Crippen molar-refractivity contribution in [2.24, 2.45) is 0 Å². The summed E-state index contributed by atoms with van der Waals surface area (Å²) in [5.74, 6) is -1.64. The Morgan fingerprint density at radius 3 is 2.26 bits per heavy atom. The quantitative estimate of drug-likeness (QED) is 0.871. The first-order chi connectivity index (χ1) is 10.8. The molecular weight excluding hydrogens is 315 g/mol. The number of carbonyl (C=O) groups excluding carboxylic acids is 2. The SMILES string of the molecule is CCOC(=O)c1[nH]c2cc(C(F)(F)F)ccc2c1C(=O)OCC. The predicted octanol–water partition coefficient (Wildman–Crippen LogP) is 3.54. The van der Waals surface area contributed by atoms with Crippen LogP contribution in [0.15, 0.2) is 18.2 Å². The number of aromatic nitrogens is 1. The summed E-state index contributed by atoms with van der Waals surface area (Å²) in [5, 5.41) is 0.166. The molecule has 2 rings (SSSR count). The van der Waals surface area contributed by atoms with Crippen molar-refractivity contribution in [2.45, 2.75) is 20.0 Å². The number of hydrogen-bond donors (Lipinski definition) is 1. The van der Waals surface area contributed by atoms with Crippen molar-refractivity contribution in [3.8, 4) is 0 Å². The van der Waals surface area contributed by atoms with Crippen LogP contribution in [0.4, 0.5) is 13.2 Å². The average Bonchev–Trinajstić information content (AvgIpc) is 2.85. The molecule has 8 heteroatoms.